The zero-order valence-electron chi connectivity index (χ0n) is 32.5. The van der Waals surface area contributed by atoms with Crippen molar-refractivity contribution in [3.8, 4) is 0 Å². The van der Waals surface area contributed by atoms with Gasteiger partial charge in [0.15, 0.2) is 0 Å². The minimum atomic E-state index is 0.430. The van der Waals surface area contributed by atoms with E-state index in [2.05, 4.69) is 157 Å². The number of unbranched alkanes of at least 4 members (excludes halogenated alkanes) is 1. The molecular weight excluding hydrogens is 585 g/mol. The molecule has 0 aliphatic carbocycles. The van der Waals surface area contributed by atoms with Crippen LogP contribution in [0.25, 0.3) is 0 Å². The van der Waals surface area contributed by atoms with Crippen molar-refractivity contribution in [2.45, 2.75) is 93.4 Å². The minimum Gasteiger partial charge on any atom is -0.392 e. The van der Waals surface area contributed by atoms with E-state index in [1.165, 1.54) is 41.8 Å². The van der Waals surface area contributed by atoms with Crippen molar-refractivity contribution in [1.82, 2.24) is 15.5 Å². The van der Waals surface area contributed by atoms with E-state index >= 15 is 0 Å². The summed E-state index contributed by atoms with van der Waals surface area (Å²) in [4.78, 5) is 2.12. The van der Waals surface area contributed by atoms with E-state index in [4.69, 9.17) is 0 Å². The molecule has 1 aliphatic rings. The molecule has 1 heterocycles. The van der Waals surface area contributed by atoms with E-state index in [9.17, 15) is 0 Å². The van der Waals surface area contributed by atoms with Crippen molar-refractivity contribution in [2.75, 3.05) is 32.5 Å². The Morgan fingerprint density at radius 3 is 1.83 bits per heavy atom. The van der Waals surface area contributed by atoms with Crippen molar-refractivity contribution >= 4 is 11.4 Å². The number of hydrogen-bond donors (Lipinski definition) is 3. The molecule has 3 rings (SSSR count). The molecular formula is C44H72N4. The van der Waals surface area contributed by atoms with Gasteiger partial charge in [0.2, 0.25) is 0 Å². The molecule has 2 aromatic rings. The summed E-state index contributed by atoms with van der Waals surface area (Å²) in [5.41, 5.74) is 8.99. The standard InChI is InChI=1S/C15H26N2.C14H13N.C9H19N.C4H10.C2H4/c1-6-8-10-15(4)17(5)13-11-14(3)16-12-9-7-2;1-3-7-13-11(5-1)9-10-12-6-2-4-8-14(12)15-13;1-8(10-5)6-7-9(2,3)4;1-4(2)3;1-2/h6,8,10,16H,1,3-4,7,9,11-13H2,2,5H3;1-8,15H,9-10H2;10H,1,6-7H2,2-5H3;4H,1-3H3;1-2H2/b10-8-;;;;. The average Bonchev–Trinajstić information content (AvgIpc) is 3.25. The van der Waals surface area contributed by atoms with Crippen LogP contribution in [0.4, 0.5) is 11.4 Å². The maximum Gasteiger partial charge on any atom is 0.0416 e. The van der Waals surface area contributed by atoms with Gasteiger partial charge in [0, 0.05) is 62.1 Å². The molecule has 0 atom stereocenters. The molecule has 0 saturated carbocycles. The number of para-hydroxylation sites is 2. The summed E-state index contributed by atoms with van der Waals surface area (Å²) >= 11 is 0. The summed E-state index contributed by atoms with van der Waals surface area (Å²) in [6.45, 7) is 38.9. The minimum absolute atomic E-state index is 0.430. The second kappa shape index (κ2) is 28.1. The van der Waals surface area contributed by atoms with Crippen molar-refractivity contribution in [3.63, 3.8) is 0 Å². The molecule has 0 spiro atoms. The number of allylic oxidation sites excluding steroid dienone is 4. The van der Waals surface area contributed by atoms with Crippen molar-refractivity contribution in [1.29, 1.82) is 0 Å². The Balaban J connectivity index is 0. The second-order valence-corrected chi connectivity index (χ2v) is 13.7. The summed E-state index contributed by atoms with van der Waals surface area (Å²) in [6.07, 6.45) is 13.5. The molecule has 0 fully saturated rings. The first kappa shape index (κ1) is 46.2. The first-order valence-electron chi connectivity index (χ1n) is 17.6. The highest BCUT2D eigenvalue weighted by Gasteiger charge is 2.11. The highest BCUT2D eigenvalue weighted by molar-refractivity contribution is 5.67. The third-order valence-corrected chi connectivity index (χ3v) is 7.07. The number of likely N-dealkylation sites (N-methyl/N-ethyl adjacent to an activating group) is 1. The zero-order chi connectivity index (χ0) is 37.0. The van der Waals surface area contributed by atoms with Crippen molar-refractivity contribution in [2.24, 2.45) is 11.3 Å². The Morgan fingerprint density at radius 1 is 0.896 bits per heavy atom. The van der Waals surface area contributed by atoms with Gasteiger partial charge in [-0.1, -0.05) is 130 Å². The fourth-order valence-electron chi connectivity index (χ4n) is 4.07. The predicted octanol–water partition coefficient (Wildman–Crippen LogP) is 12.0. The quantitative estimate of drug-likeness (QED) is 0.114. The summed E-state index contributed by atoms with van der Waals surface area (Å²) in [7, 11) is 3.96. The number of hydrogen-bond acceptors (Lipinski definition) is 4. The van der Waals surface area contributed by atoms with Gasteiger partial charge in [-0.05, 0) is 72.8 Å². The molecule has 0 bridgehead atoms. The highest BCUT2D eigenvalue weighted by atomic mass is 15.1. The van der Waals surface area contributed by atoms with Gasteiger partial charge in [-0.3, -0.25) is 0 Å². The second-order valence-electron chi connectivity index (χ2n) is 13.7. The topological polar surface area (TPSA) is 39.3 Å². The van der Waals surface area contributed by atoms with Gasteiger partial charge in [0.05, 0.1) is 0 Å². The summed E-state index contributed by atoms with van der Waals surface area (Å²) < 4.78 is 0. The van der Waals surface area contributed by atoms with Gasteiger partial charge < -0.3 is 20.9 Å². The molecule has 3 N–H and O–H groups in total. The van der Waals surface area contributed by atoms with E-state index in [-0.39, 0.29) is 0 Å². The molecule has 48 heavy (non-hydrogen) atoms. The lowest BCUT2D eigenvalue weighted by Crippen LogP contribution is -2.21. The molecule has 0 amide bonds. The molecule has 0 unspecified atom stereocenters. The molecule has 1 aliphatic heterocycles. The number of nitrogens with zero attached hydrogens (tertiary/aromatic N) is 1. The number of rotatable bonds is 13. The van der Waals surface area contributed by atoms with E-state index in [0.717, 1.165) is 61.8 Å². The van der Waals surface area contributed by atoms with E-state index in [1.54, 1.807) is 6.08 Å². The van der Waals surface area contributed by atoms with Crippen molar-refractivity contribution < 1.29 is 0 Å². The predicted molar refractivity (Wildman–Crippen MR) is 220 cm³/mol. The Labute approximate surface area is 297 Å². The van der Waals surface area contributed by atoms with E-state index < -0.39 is 0 Å². The maximum absolute atomic E-state index is 4.02. The lowest BCUT2D eigenvalue weighted by molar-refractivity contribution is 0.375. The van der Waals surface area contributed by atoms with Crippen LogP contribution in [-0.4, -0.2) is 32.1 Å². The third-order valence-electron chi connectivity index (χ3n) is 7.07. The summed E-state index contributed by atoms with van der Waals surface area (Å²) in [5.74, 6) is 0.833. The molecule has 0 saturated heterocycles. The van der Waals surface area contributed by atoms with Crippen LogP contribution < -0.4 is 16.0 Å². The average molecular weight is 657 g/mol. The zero-order valence-corrected chi connectivity index (χ0v) is 32.5. The maximum atomic E-state index is 4.02. The van der Waals surface area contributed by atoms with Gasteiger partial charge in [-0.2, -0.15) is 0 Å². The van der Waals surface area contributed by atoms with Gasteiger partial charge in [0.1, 0.15) is 0 Å². The van der Waals surface area contributed by atoms with Crippen LogP contribution in [0.1, 0.15) is 91.7 Å². The van der Waals surface area contributed by atoms with E-state index in [0.29, 0.717) is 5.41 Å². The molecule has 0 radical (unpaired) electrons. The smallest absolute Gasteiger partial charge is 0.0416 e. The van der Waals surface area contributed by atoms with Crippen LogP contribution in [0, 0.1) is 11.3 Å². The molecule has 4 heteroatoms. The third kappa shape index (κ3) is 25.2. The number of nitrogens with one attached hydrogen (secondary N) is 3. The van der Waals surface area contributed by atoms with Gasteiger partial charge in [-0.15, -0.1) is 13.2 Å². The Bertz CT molecular complexity index is 1150. The van der Waals surface area contributed by atoms with Crippen LogP contribution in [0.3, 0.4) is 0 Å². The molecule has 4 nitrogen and oxygen atoms in total. The van der Waals surface area contributed by atoms with Crippen LogP contribution in [0.2, 0.25) is 0 Å². The normalized spacial score (nSPS) is 11.0. The number of fused-ring (bicyclic) bond motifs is 2. The first-order chi connectivity index (χ1) is 22.7. The van der Waals surface area contributed by atoms with Crippen LogP contribution >= 0.6 is 0 Å². The fourth-order valence-corrected chi connectivity index (χ4v) is 4.07. The summed E-state index contributed by atoms with van der Waals surface area (Å²) in [5, 5.41) is 9.88. The summed E-state index contributed by atoms with van der Waals surface area (Å²) in [6, 6.07) is 17.1. The number of benzene rings is 2. The fraction of sp³-hybridized carbons (Fsp3) is 0.455. The Hall–Kier alpha value is -3.92. The first-order valence-corrected chi connectivity index (χ1v) is 17.6. The molecule has 2 aromatic carbocycles. The van der Waals surface area contributed by atoms with E-state index in [1.807, 2.05) is 26.2 Å². The SMILES string of the molecule is C=C.C=C(CCC(C)(C)C)NC.C=C/C=C\C(=C)N(C)CCC(=C)NCCCC.CC(C)C.c1ccc2c(c1)CCc1ccccc1N2. The van der Waals surface area contributed by atoms with Crippen LogP contribution in [0.15, 0.2) is 123 Å². The van der Waals surface area contributed by atoms with Crippen molar-refractivity contribution in [3.05, 3.63) is 134 Å². The number of anilines is 2. The van der Waals surface area contributed by atoms with Crippen LogP contribution in [-0.2, 0) is 12.8 Å². The Morgan fingerprint density at radius 2 is 1.40 bits per heavy atom. The largest absolute Gasteiger partial charge is 0.392 e. The molecule has 0 aromatic heterocycles. The number of aryl methyl sites for hydroxylation is 2. The lowest BCUT2D eigenvalue weighted by atomic mass is 9.90. The Kier molecular flexibility index (Phi) is 27.1. The van der Waals surface area contributed by atoms with Gasteiger partial charge in [-0.25, -0.2) is 0 Å². The monoisotopic (exact) mass is 657 g/mol. The van der Waals surface area contributed by atoms with Gasteiger partial charge in [0.25, 0.3) is 0 Å². The molecule has 268 valence electrons. The van der Waals surface area contributed by atoms with Gasteiger partial charge >= 0.3 is 0 Å². The lowest BCUT2D eigenvalue weighted by Gasteiger charge is -2.20. The highest BCUT2D eigenvalue weighted by Crippen LogP contribution is 2.29. The van der Waals surface area contributed by atoms with Crippen LogP contribution in [0.5, 0.6) is 0 Å².